The predicted molar refractivity (Wildman–Crippen MR) is 109 cm³/mol. The number of anilines is 2. The first kappa shape index (κ1) is 19.0. The molecule has 2 N–H and O–H groups in total. The van der Waals surface area contributed by atoms with Crippen LogP contribution in [0.15, 0.2) is 66.9 Å². The lowest BCUT2D eigenvalue weighted by atomic mass is 10.1. The number of hydrogen-bond acceptors (Lipinski definition) is 6. The number of methoxy groups -OCH3 is 2. The number of nitrogens with zero attached hydrogens (tertiary/aromatic N) is 1. The van der Waals surface area contributed by atoms with Gasteiger partial charge in [-0.1, -0.05) is 12.1 Å². The standard InChI is InChI=1S/C22H20N2O4/c1-27-17-9-7-16(8-10-17)24-22-18(4-3-13-23-22)19(25)11-5-15-6-12-21(28-2)20(26)14-15/h3-14,26H,1-2H3,(H,23,24)/b11-5+. The molecular weight excluding hydrogens is 356 g/mol. The van der Waals surface area contributed by atoms with E-state index in [1.54, 1.807) is 43.6 Å². The molecule has 0 saturated carbocycles. The number of rotatable bonds is 7. The van der Waals surface area contributed by atoms with Gasteiger partial charge in [0.05, 0.1) is 19.8 Å². The van der Waals surface area contributed by atoms with E-state index in [1.807, 2.05) is 24.3 Å². The van der Waals surface area contributed by atoms with E-state index in [0.29, 0.717) is 22.7 Å². The highest BCUT2D eigenvalue weighted by molar-refractivity contribution is 6.10. The van der Waals surface area contributed by atoms with E-state index < -0.39 is 0 Å². The van der Waals surface area contributed by atoms with Crippen LogP contribution in [0.1, 0.15) is 15.9 Å². The molecule has 1 aromatic heterocycles. The molecule has 0 radical (unpaired) electrons. The van der Waals surface area contributed by atoms with Crippen LogP contribution in [0.4, 0.5) is 11.5 Å². The van der Waals surface area contributed by atoms with Crippen molar-refractivity contribution in [2.45, 2.75) is 0 Å². The Bertz CT molecular complexity index is 998. The highest BCUT2D eigenvalue weighted by Gasteiger charge is 2.10. The highest BCUT2D eigenvalue weighted by atomic mass is 16.5. The Kier molecular flexibility index (Phi) is 5.91. The summed E-state index contributed by atoms with van der Waals surface area (Å²) in [5.74, 6) is 1.38. The van der Waals surface area contributed by atoms with Crippen LogP contribution in [0.3, 0.4) is 0 Å². The van der Waals surface area contributed by atoms with Crippen LogP contribution in [0.2, 0.25) is 0 Å². The Labute approximate surface area is 163 Å². The third kappa shape index (κ3) is 4.48. The lowest BCUT2D eigenvalue weighted by Crippen LogP contribution is -2.03. The van der Waals surface area contributed by atoms with Gasteiger partial charge < -0.3 is 19.9 Å². The van der Waals surface area contributed by atoms with Gasteiger partial charge in [0.1, 0.15) is 11.6 Å². The summed E-state index contributed by atoms with van der Waals surface area (Å²) in [7, 11) is 3.08. The molecule has 0 unspecified atom stereocenters. The fourth-order valence-electron chi connectivity index (χ4n) is 2.59. The number of benzene rings is 2. The Morgan fingerprint density at radius 3 is 2.54 bits per heavy atom. The number of phenols is 1. The molecule has 3 rings (SSSR count). The van der Waals surface area contributed by atoms with Gasteiger partial charge in [-0.25, -0.2) is 4.98 Å². The van der Waals surface area contributed by atoms with Gasteiger partial charge in [-0.05, 0) is 60.2 Å². The first-order valence-corrected chi connectivity index (χ1v) is 8.56. The summed E-state index contributed by atoms with van der Waals surface area (Å²) in [5, 5.41) is 13.0. The predicted octanol–water partition coefficient (Wildman–Crippen LogP) is 4.44. The van der Waals surface area contributed by atoms with Gasteiger partial charge in [0.2, 0.25) is 0 Å². The number of allylic oxidation sites excluding steroid dienone is 1. The first-order valence-electron chi connectivity index (χ1n) is 8.56. The zero-order valence-corrected chi connectivity index (χ0v) is 15.5. The molecule has 0 atom stereocenters. The normalized spacial score (nSPS) is 10.6. The molecule has 2 aromatic carbocycles. The summed E-state index contributed by atoms with van der Waals surface area (Å²) < 4.78 is 10.2. The van der Waals surface area contributed by atoms with Gasteiger partial charge in [0, 0.05) is 11.9 Å². The second-order valence-electron chi connectivity index (χ2n) is 5.88. The average molecular weight is 376 g/mol. The first-order chi connectivity index (χ1) is 13.6. The maximum Gasteiger partial charge on any atom is 0.189 e. The van der Waals surface area contributed by atoms with Crippen LogP contribution < -0.4 is 14.8 Å². The summed E-state index contributed by atoms with van der Waals surface area (Å²) in [4.78, 5) is 16.9. The molecular formula is C22H20N2O4. The third-order valence-corrected chi connectivity index (χ3v) is 4.06. The van der Waals surface area contributed by atoms with Crippen LogP contribution in [0, 0.1) is 0 Å². The van der Waals surface area contributed by atoms with E-state index in [-0.39, 0.29) is 11.5 Å². The van der Waals surface area contributed by atoms with Crippen LogP contribution in [-0.4, -0.2) is 30.1 Å². The van der Waals surface area contributed by atoms with E-state index in [1.165, 1.54) is 19.3 Å². The lowest BCUT2D eigenvalue weighted by Gasteiger charge is -2.09. The molecule has 3 aromatic rings. The van der Waals surface area contributed by atoms with E-state index in [0.717, 1.165) is 11.4 Å². The fraction of sp³-hybridized carbons (Fsp3) is 0.0909. The second-order valence-corrected chi connectivity index (χ2v) is 5.88. The van der Waals surface area contributed by atoms with Crippen molar-refractivity contribution in [1.82, 2.24) is 4.98 Å². The maximum absolute atomic E-state index is 12.7. The van der Waals surface area contributed by atoms with Crippen LogP contribution in [0.25, 0.3) is 6.08 Å². The van der Waals surface area contributed by atoms with Crippen molar-refractivity contribution in [1.29, 1.82) is 0 Å². The zero-order chi connectivity index (χ0) is 19.9. The van der Waals surface area contributed by atoms with E-state index in [9.17, 15) is 9.90 Å². The summed E-state index contributed by atoms with van der Waals surface area (Å²) in [6.07, 6.45) is 4.69. The highest BCUT2D eigenvalue weighted by Crippen LogP contribution is 2.27. The number of pyridine rings is 1. The fourth-order valence-corrected chi connectivity index (χ4v) is 2.59. The van der Waals surface area contributed by atoms with Crippen molar-refractivity contribution >= 4 is 23.4 Å². The van der Waals surface area contributed by atoms with Gasteiger partial charge in [-0.2, -0.15) is 0 Å². The van der Waals surface area contributed by atoms with Crippen LogP contribution in [-0.2, 0) is 0 Å². The molecule has 0 saturated heterocycles. The zero-order valence-electron chi connectivity index (χ0n) is 15.5. The molecule has 6 nitrogen and oxygen atoms in total. The van der Waals surface area contributed by atoms with Crippen molar-refractivity contribution in [3.05, 3.63) is 78.0 Å². The topological polar surface area (TPSA) is 80.7 Å². The van der Waals surface area contributed by atoms with Gasteiger partial charge in [0.15, 0.2) is 17.3 Å². The summed E-state index contributed by atoms with van der Waals surface area (Å²) in [6, 6.07) is 15.7. The number of phenolic OH excluding ortho intramolecular Hbond substituents is 1. The molecule has 1 heterocycles. The van der Waals surface area contributed by atoms with Gasteiger partial charge >= 0.3 is 0 Å². The molecule has 0 amide bonds. The molecule has 28 heavy (non-hydrogen) atoms. The lowest BCUT2D eigenvalue weighted by molar-refractivity contribution is 0.104. The largest absolute Gasteiger partial charge is 0.504 e. The van der Waals surface area contributed by atoms with Gasteiger partial charge in [-0.3, -0.25) is 4.79 Å². The average Bonchev–Trinajstić information content (AvgIpc) is 2.73. The number of nitrogens with one attached hydrogen (secondary N) is 1. The van der Waals surface area contributed by atoms with E-state index in [2.05, 4.69) is 10.3 Å². The van der Waals surface area contributed by atoms with Gasteiger partial charge in [-0.15, -0.1) is 0 Å². The molecule has 0 aliphatic heterocycles. The molecule has 0 spiro atoms. The second kappa shape index (κ2) is 8.73. The summed E-state index contributed by atoms with van der Waals surface area (Å²) in [5.41, 5.74) is 1.91. The SMILES string of the molecule is COc1ccc(Nc2ncccc2C(=O)/C=C/c2ccc(OC)c(O)c2)cc1. The number of hydrogen-bond donors (Lipinski definition) is 2. The van der Waals surface area contributed by atoms with Crippen molar-refractivity contribution in [3.8, 4) is 17.2 Å². The molecule has 6 heteroatoms. The Balaban J connectivity index is 1.79. The maximum atomic E-state index is 12.7. The number of carbonyl (C=O) groups excluding carboxylic acids is 1. The number of ether oxygens (including phenoxy) is 2. The van der Waals surface area contributed by atoms with E-state index in [4.69, 9.17) is 9.47 Å². The van der Waals surface area contributed by atoms with Crippen molar-refractivity contribution in [3.63, 3.8) is 0 Å². The minimum absolute atomic E-state index is 0.0142. The van der Waals surface area contributed by atoms with Crippen LogP contribution >= 0.6 is 0 Å². The Morgan fingerprint density at radius 1 is 1.07 bits per heavy atom. The molecule has 0 aliphatic rings. The number of carbonyl (C=O) groups is 1. The molecule has 142 valence electrons. The Hall–Kier alpha value is -3.80. The number of ketones is 1. The smallest absolute Gasteiger partial charge is 0.189 e. The molecule has 0 fully saturated rings. The van der Waals surface area contributed by atoms with Crippen molar-refractivity contribution in [2.75, 3.05) is 19.5 Å². The van der Waals surface area contributed by atoms with E-state index >= 15 is 0 Å². The number of aromatic nitrogens is 1. The summed E-state index contributed by atoms with van der Waals surface area (Å²) in [6.45, 7) is 0. The van der Waals surface area contributed by atoms with Crippen molar-refractivity contribution in [2.24, 2.45) is 0 Å². The third-order valence-electron chi connectivity index (χ3n) is 4.06. The number of aromatic hydroxyl groups is 1. The minimum Gasteiger partial charge on any atom is -0.504 e. The Morgan fingerprint density at radius 2 is 1.86 bits per heavy atom. The van der Waals surface area contributed by atoms with Gasteiger partial charge in [0.25, 0.3) is 0 Å². The quantitative estimate of drug-likeness (QED) is 0.469. The minimum atomic E-state index is -0.209. The van der Waals surface area contributed by atoms with Crippen LogP contribution in [0.5, 0.6) is 17.2 Å². The summed E-state index contributed by atoms with van der Waals surface area (Å²) >= 11 is 0. The monoisotopic (exact) mass is 376 g/mol. The molecule has 0 aliphatic carbocycles. The molecule has 0 bridgehead atoms. The van der Waals surface area contributed by atoms with Crippen molar-refractivity contribution < 1.29 is 19.4 Å².